The number of rotatable bonds is 5. The molecule has 1 aromatic carbocycles. The van der Waals surface area contributed by atoms with Gasteiger partial charge in [-0.05, 0) is 43.3 Å². The summed E-state index contributed by atoms with van der Waals surface area (Å²) < 4.78 is 9.63. The van der Waals surface area contributed by atoms with Crippen molar-refractivity contribution in [3.05, 3.63) is 72.9 Å². The lowest BCUT2D eigenvalue weighted by Gasteiger charge is -2.14. The van der Waals surface area contributed by atoms with E-state index in [1.54, 1.807) is 18.0 Å². The molecule has 0 aliphatic rings. The maximum absolute atomic E-state index is 5.69. The molecule has 0 atom stereocenters. The molecule has 4 heterocycles. The number of fused-ring (bicyclic) bond motifs is 1. The summed E-state index contributed by atoms with van der Waals surface area (Å²) in [6, 6.07) is 14.4. The summed E-state index contributed by atoms with van der Waals surface area (Å²) in [5, 5.41) is 9.71. The second-order valence-electron chi connectivity index (χ2n) is 7.81. The number of nitrogens with one attached hydrogen (secondary N) is 1. The van der Waals surface area contributed by atoms with Crippen LogP contribution in [0.15, 0.2) is 67.3 Å². The lowest BCUT2D eigenvalue weighted by Crippen LogP contribution is -1.99. The normalized spacial score (nSPS) is 11.1. The highest BCUT2D eigenvalue weighted by molar-refractivity contribution is 5.95. The van der Waals surface area contributed by atoms with Crippen molar-refractivity contribution in [2.75, 3.05) is 12.4 Å². The first kappa shape index (κ1) is 19.8. The molecule has 4 aromatic heterocycles. The minimum Gasteiger partial charge on any atom is -0.495 e. The van der Waals surface area contributed by atoms with Crippen molar-refractivity contribution >= 4 is 22.3 Å². The number of hydrogen-bond acceptors (Lipinski definition) is 5. The van der Waals surface area contributed by atoms with E-state index in [0.29, 0.717) is 0 Å². The van der Waals surface area contributed by atoms with Crippen LogP contribution in [0.5, 0.6) is 5.75 Å². The number of hydrogen-bond donors (Lipinski definition) is 1. The van der Waals surface area contributed by atoms with Gasteiger partial charge in [0.2, 0.25) is 0 Å². The number of nitrogens with zero attached hydrogens (tertiary/aromatic N) is 5. The smallest absolute Gasteiger partial charge is 0.143 e. The molecule has 0 aliphatic carbocycles. The van der Waals surface area contributed by atoms with Gasteiger partial charge in [-0.3, -0.25) is 9.67 Å². The molecule has 0 unspecified atom stereocenters. The second-order valence-corrected chi connectivity index (χ2v) is 7.81. The SMILES string of the molecule is COc1cc(-c2ccc(C)n2C)ccc1Nc1cc2c(-c3cnn(C)c3)nccc2cn1. The molecule has 0 radical (unpaired) electrons. The molecule has 0 bridgehead atoms. The first-order valence-corrected chi connectivity index (χ1v) is 10.3. The Morgan fingerprint density at radius 1 is 0.938 bits per heavy atom. The van der Waals surface area contributed by atoms with Crippen molar-refractivity contribution in [2.45, 2.75) is 6.92 Å². The molecule has 7 nitrogen and oxygen atoms in total. The van der Waals surface area contributed by atoms with Crippen molar-refractivity contribution in [3.8, 4) is 28.3 Å². The standard InChI is InChI=1S/C25H24N6O/c1-16-5-8-22(31(16)3)17-6-7-21(23(11-17)32-4)29-24-12-20-18(13-27-24)9-10-26-25(20)19-14-28-30(2)15-19/h5-15H,1-4H3,(H,27,29). The summed E-state index contributed by atoms with van der Waals surface area (Å²) in [7, 11) is 5.64. The summed E-state index contributed by atoms with van der Waals surface area (Å²) in [5.41, 5.74) is 6.14. The van der Waals surface area contributed by atoms with Crippen LogP contribution in [0.2, 0.25) is 0 Å². The van der Waals surface area contributed by atoms with Crippen molar-refractivity contribution in [2.24, 2.45) is 14.1 Å². The predicted octanol–water partition coefficient (Wildman–Crippen LogP) is 5.10. The average molecular weight is 425 g/mol. The molecule has 0 spiro atoms. The van der Waals surface area contributed by atoms with Gasteiger partial charge in [0.1, 0.15) is 11.6 Å². The molecule has 5 rings (SSSR count). The van der Waals surface area contributed by atoms with Gasteiger partial charge in [0.05, 0.1) is 24.7 Å². The first-order chi connectivity index (χ1) is 15.5. The van der Waals surface area contributed by atoms with Crippen LogP contribution in [0.1, 0.15) is 5.69 Å². The Hall–Kier alpha value is -4.13. The molecule has 5 aromatic rings. The van der Waals surface area contributed by atoms with E-state index >= 15 is 0 Å². The van der Waals surface area contributed by atoms with Crippen LogP contribution in [0.3, 0.4) is 0 Å². The predicted molar refractivity (Wildman–Crippen MR) is 127 cm³/mol. The van der Waals surface area contributed by atoms with Crippen LogP contribution >= 0.6 is 0 Å². The summed E-state index contributed by atoms with van der Waals surface area (Å²) in [6.07, 6.45) is 7.43. The Kier molecular flexibility index (Phi) is 4.86. The molecular weight excluding hydrogens is 400 g/mol. The van der Waals surface area contributed by atoms with Gasteiger partial charge in [-0.25, -0.2) is 4.98 Å². The summed E-state index contributed by atoms with van der Waals surface area (Å²) >= 11 is 0. The van der Waals surface area contributed by atoms with Crippen LogP contribution in [-0.2, 0) is 14.1 Å². The summed E-state index contributed by atoms with van der Waals surface area (Å²) in [6.45, 7) is 2.09. The molecule has 7 heteroatoms. The molecule has 1 N–H and O–H groups in total. The summed E-state index contributed by atoms with van der Waals surface area (Å²) in [5.74, 6) is 1.47. The lowest BCUT2D eigenvalue weighted by molar-refractivity contribution is 0.417. The number of aromatic nitrogens is 5. The van der Waals surface area contributed by atoms with Crippen LogP contribution < -0.4 is 10.1 Å². The Labute approximate surface area is 186 Å². The minimum absolute atomic E-state index is 0.719. The van der Waals surface area contributed by atoms with E-state index < -0.39 is 0 Å². The minimum atomic E-state index is 0.719. The molecule has 0 aliphatic heterocycles. The van der Waals surface area contributed by atoms with Gasteiger partial charge in [0.25, 0.3) is 0 Å². The van der Waals surface area contributed by atoms with E-state index in [1.807, 2.05) is 49.9 Å². The van der Waals surface area contributed by atoms with Crippen LogP contribution in [0.25, 0.3) is 33.3 Å². The zero-order chi connectivity index (χ0) is 22.2. The third-order valence-corrected chi connectivity index (χ3v) is 5.76. The third-order valence-electron chi connectivity index (χ3n) is 5.76. The fourth-order valence-electron chi connectivity index (χ4n) is 3.90. The zero-order valence-corrected chi connectivity index (χ0v) is 18.5. The van der Waals surface area contributed by atoms with Crippen LogP contribution in [0, 0.1) is 6.92 Å². The van der Waals surface area contributed by atoms with Gasteiger partial charge in [-0.15, -0.1) is 0 Å². The molecule has 0 fully saturated rings. The average Bonchev–Trinajstić information content (AvgIpc) is 3.39. The Morgan fingerprint density at radius 3 is 2.53 bits per heavy atom. The van der Waals surface area contributed by atoms with Crippen molar-refractivity contribution in [1.29, 1.82) is 0 Å². The fourth-order valence-corrected chi connectivity index (χ4v) is 3.90. The number of methoxy groups -OCH3 is 1. The zero-order valence-electron chi connectivity index (χ0n) is 18.5. The number of benzene rings is 1. The quantitative estimate of drug-likeness (QED) is 0.425. The molecule has 0 amide bonds. The maximum Gasteiger partial charge on any atom is 0.143 e. The lowest BCUT2D eigenvalue weighted by atomic mass is 10.1. The van der Waals surface area contributed by atoms with E-state index in [1.165, 1.54) is 5.69 Å². The second kappa shape index (κ2) is 7.85. The van der Waals surface area contributed by atoms with Gasteiger partial charge >= 0.3 is 0 Å². The van der Waals surface area contributed by atoms with Crippen LogP contribution in [-0.4, -0.2) is 31.4 Å². The van der Waals surface area contributed by atoms with E-state index in [4.69, 9.17) is 4.74 Å². The van der Waals surface area contributed by atoms with Gasteiger partial charge in [-0.1, -0.05) is 6.07 Å². The topological polar surface area (TPSA) is 69.8 Å². The maximum atomic E-state index is 5.69. The molecule has 0 saturated carbocycles. The molecule has 32 heavy (non-hydrogen) atoms. The van der Waals surface area contributed by atoms with Crippen molar-refractivity contribution in [3.63, 3.8) is 0 Å². The third kappa shape index (κ3) is 3.47. The highest BCUT2D eigenvalue weighted by atomic mass is 16.5. The highest BCUT2D eigenvalue weighted by Gasteiger charge is 2.12. The Balaban J connectivity index is 1.52. The van der Waals surface area contributed by atoms with E-state index in [2.05, 4.69) is 57.1 Å². The number of pyridine rings is 2. The van der Waals surface area contributed by atoms with Gasteiger partial charge in [0.15, 0.2) is 0 Å². The fraction of sp³-hybridized carbons (Fsp3) is 0.160. The monoisotopic (exact) mass is 424 g/mol. The van der Waals surface area contributed by atoms with Gasteiger partial charge in [0, 0.05) is 66.0 Å². The first-order valence-electron chi connectivity index (χ1n) is 10.3. The van der Waals surface area contributed by atoms with Crippen molar-refractivity contribution in [1.82, 2.24) is 24.3 Å². The number of anilines is 2. The van der Waals surface area contributed by atoms with E-state index in [0.717, 1.165) is 50.5 Å². The summed E-state index contributed by atoms with van der Waals surface area (Å²) in [4.78, 5) is 9.19. The number of ether oxygens (including phenoxy) is 1. The largest absolute Gasteiger partial charge is 0.495 e. The van der Waals surface area contributed by atoms with Gasteiger partial charge < -0.3 is 14.6 Å². The Morgan fingerprint density at radius 2 is 1.81 bits per heavy atom. The van der Waals surface area contributed by atoms with Gasteiger partial charge in [-0.2, -0.15) is 5.10 Å². The molecular formula is C25H24N6O. The van der Waals surface area contributed by atoms with Crippen LogP contribution in [0.4, 0.5) is 11.5 Å². The van der Waals surface area contributed by atoms with Crippen molar-refractivity contribution < 1.29 is 4.74 Å². The van der Waals surface area contributed by atoms with E-state index in [9.17, 15) is 0 Å². The van der Waals surface area contributed by atoms with E-state index in [-0.39, 0.29) is 0 Å². The Bertz CT molecular complexity index is 1430. The number of aryl methyl sites for hydroxylation is 2. The molecule has 160 valence electrons. The highest BCUT2D eigenvalue weighted by Crippen LogP contribution is 2.34. The molecule has 0 saturated heterocycles.